The Labute approximate surface area is 74.9 Å². The van der Waals surface area contributed by atoms with E-state index in [2.05, 4.69) is 0 Å². The molecule has 1 saturated heterocycles. The molecule has 2 N–H and O–H groups in total. The van der Waals surface area contributed by atoms with Gasteiger partial charge in [0.1, 0.15) is 0 Å². The van der Waals surface area contributed by atoms with Gasteiger partial charge in [-0.2, -0.15) is 0 Å². The quantitative estimate of drug-likeness (QED) is 0.648. The summed E-state index contributed by atoms with van der Waals surface area (Å²) in [6.45, 7) is -0.310. The molecule has 1 aliphatic carbocycles. The van der Waals surface area contributed by atoms with Gasteiger partial charge in [0.05, 0.1) is 12.1 Å². The maximum Gasteiger partial charge on any atom is 0.267 e. The van der Waals surface area contributed by atoms with Crippen molar-refractivity contribution in [2.45, 2.75) is 30.7 Å². The molecule has 74 valence electrons. The van der Waals surface area contributed by atoms with Crippen molar-refractivity contribution in [2.24, 2.45) is 5.73 Å². The predicted molar refractivity (Wildman–Crippen MR) is 42.3 cm³/mol. The number of amides is 1. The third-order valence-corrected chi connectivity index (χ3v) is 2.67. The molecule has 1 heterocycles. The summed E-state index contributed by atoms with van der Waals surface area (Å²) in [6.07, 6.45) is 1.04. The van der Waals surface area contributed by atoms with Gasteiger partial charge in [0, 0.05) is 13.0 Å². The predicted octanol–water partition coefficient (Wildman–Crippen LogP) is 0.345. The molecule has 0 unspecified atom stereocenters. The van der Waals surface area contributed by atoms with E-state index >= 15 is 0 Å². The summed E-state index contributed by atoms with van der Waals surface area (Å²) in [6, 6.07) is 0. The molecule has 0 aromatic heterocycles. The van der Waals surface area contributed by atoms with Crippen LogP contribution in [-0.2, 0) is 4.79 Å². The Morgan fingerprint density at radius 2 is 1.92 bits per heavy atom. The Morgan fingerprint density at radius 3 is 2.31 bits per heavy atom. The fourth-order valence-electron chi connectivity index (χ4n) is 1.57. The van der Waals surface area contributed by atoms with Crippen molar-refractivity contribution in [1.82, 2.24) is 4.90 Å². The van der Waals surface area contributed by atoms with Gasteiger partial charge in [-0.15, -0.1) is 0 Å². The Kier molecular flexibility index (Phi) is 1.64. The zero-order valence-electron chi connectivity index (χ0n) is 7.22. The number of rotatable bonds is 1. The van der Waals surface area contributed by atoms with Gasteiger partial charge in [0.15, 0.2) is 0 Å². The van der Waals surface area contributed by atoms with E-state index in [1.807, 2.05) is 0 Å². The van der Waals surface area contributed by atoms with Gasteiger partial charge < -0.3 is 10.6 Å². The Hall–Kier alpha value is -0.710. The van der Waals surface area contributed by atoms with Crippen molar-refractivity contribution in [2.75, 3.05) is 13.1 Å². The fourth-order valence-corrected chi connectivity index (χ4v) is 1.57. The molecule has 0 spiro atoms. The second kappa shape index (κ2) is 2.41. The van der Waals surface area contributed by atoms with Gasteiger partial charge in [0.25, 0.3) is 5.92 Å². The third-order valence-electron chi connectivity index (χ3n) is 2.67. The number of carbonyl (C=O) groups is 1. The second-order valence-corrected chi connectivity index (χ2v) is 3.99. The van der Waals surface area contributed by atoms with Crippen LogP contribution in [0.2, 0.25) is 0 Å². The lowest BCUT2D eigenvalue weighted by molar-refractivity contribution is -0.134. The lowest BCUT2D eigenvalue weighted by Gasteiger charge is -2.19. The lowest BCUT2D eigenvalue weighted by Crippen LogP contribution is -2.45. The first-order valence-corrected chi connectivity index (χ1v) is 4.39. The molecule has 3 nitrogen and oxygen atoms in total. The van der Waals surface area contributed by atoms with E-state index < -0.39 is 18.0 Å². The molecular weight excluding hydrogens is 178 g/mol. The molecule has 0 aromatic carbocycles. The third kappa shape index (κ3) is 1.52. The molecule has 1 amide bonds. The number of nitrogens with zero attached hydrogens (tertiary/aromatic N) is 1. The summed E-state index contributed by atoms with van der Waals surface area (Å²) in [4.78, 5) is 12.7. The summed E-state index contributed by atoms with van der Waals surface area (Å²) in [5.74, 6) is -3.01. The zero-order chi connectivity index (χ0) is 9.69. The van der Waals surface area contributed by atoms with Gasteiger partial charge in [-0.1, -0.05) is 0 Å². The highest BCUT2D eigenvalue weighted by Crippen LogP contribution is 2.37. The van der Waals surface area contributed by atoms with Crippen molar-refractivity contribution in [1.29, 1.82) is 0 Å². The molecule has 0 aromatic rings. The molecular formula is C8H12F2N2O. The van der Waals surface area contributed by atoms with Crippen molar-refractivity contribution < 1.29 is 13.6 Å². The summed E-state index contributed by atoms with van der Waals surface area (Å²) in [5.41, 5.74) is 4.82. The molecule has 2 rings (SSSR count). The highest BCUT2D eigenvalue weighted by Gasteiger charge is 2.51. The summed E-state index contributed by atoms with van der Waals surface area (Å²) in [5, 5.41) is 0. The highest BCUT2D eigenvalue weighted by atomic mass is 19.3. The van der Waals surface area contributed by atoms with Gasteiger partial charge >= 0.3 is 0 Å². The van der Waals surface area contributed by atoms with Gasteiger partial charge in [-0.3, -0.25) is 4.79 Å². The summed E-state index contributed by atoms with van der Waals surface area (Å²) >= 11 is 0. The molecule has 0 atom stereocenters. The van der Waals surface area contributed by atoms with Crippen molar-refractivity contribution >= 4 is 5.91 Å². The standard InChI is InChI=1S/C8H12F2N2O/c9-8(10)3-4-12(5-8)6(13)7(11)1-2-7/h1-5,11H2. The van der Waals surface area contributed by atoms with Crippen LogP contribution < -0.4 is 5.73 Å². The van der Waals surface area contributed by atoms with Crippen LogP contribution in [-0.4, -0.2) is 35.4 Å². The van der Waals surface area contributed by atoms with Crippen molar-refractivity contribution in [3.8, 4) is 0 Å². The van der Waals surface area contributed by atoms with Gasteiger partial charge in [-0.25, -0.2) is 8.78 Å². The molecule has 0 bridgehead atoms. The SMILES string of the molecule is NC1(C(=O)N2CCC(F)(F)C2)CC1. The first kappa shape index (κ1) is 8.87. The topological polar surface area (TPSA) is 46.3 Å². The molecule has 2 aliphatic rings. The minimum absolute atomic E-state index is 0.144. The zero-order valence-corrected chi connectivity index (χ0v) is 7.22. The van der Waals surface area contributed by atoms with Crippen LogP contribution >= 0.6 is 0 Å². The average Bonchev–Trinajstić information content (AvgIpc) is 2.67. The first-order valence-electron chi connectivity index (χ1n) is 4.39. The second-order valence-electron chi connectivity index (χ2n) is 3.99. The molecule has 1 aliphatic heterocycles. The van der Waals surface area contributed by atoms with Crippen LogP contribution in [0.3, 0.4) is 0 Å². The number of halogens is 2. The molecule has 13 heavy (non-hydrogen) atoms. The van der Waals surface area contributed by atoms with E-state index in [0.29, 0.717) is 12.8 Å². The van der Waals surface area contributed by atoms with E-state index in [1.54, 1.807) is 0 Å². The van der Waals surface area contributed by atoms with Crippen LogP contribution in [0.4, 0.5) is 8.78 Å². The smallest absolute Gasteiger partial charge is 0.267 e. The Bertz CT molecular complexity index is 251. The van der Waals surface area contributed by atoms with Crippen molar-refractivity contribution in [3.05, 3.63) is 0 Å². The highest BCUT2D eigenvalue weighted by molar-refractivity contribution is 5.89. The Balaban J connectivity index is 2.00. The monoisotopic (exact) mass is 190 g/mol. The van der Waals surface area contributed by atoms with E-state index in [4.69, 9.17) is 5.73 Å². The minimum Gasteiger partial charge on any atom is -0.335 e. The number of likely N-dealkylation sites (tertiary alicyclic amines) is 1. The number of alkyl halides is 2. The largest absolute Gasteiger partial charge is 0.335 e. The normalized spacial score (nSPS) is 29.0. The number of carbonyl (C=O) groups excluding carboxylic acids is 1. The van der Waals surface area contributed by atoms with Gasteiger partial charge in [0.2, 0.25) is 5.91 Å². The van der Waals surface area contributed by atoms with E-state index in [-0.39, 0.29) is 18.9 Å². The summed E-state index contributed by atoms with van der Waals surface area (Å²) in [7, 11) is 0. The number of nitrogens with two attached hydrogens (primary N) is 1. The number of hydrogen-bond acceptors (Lipinski definition) is 2. The van der Waals surface area contributed by atoms with Crippen LogP contribution in [0.25, 0.3) is 0 Å². The van der Waals surface area contributed by atoms with Crippen molar-refractivity contribution in [3.63, 3.8) is 0 Å². The fraction of sp³-hybridized carbons (Fsp3) is 0.875. The molecule has 5 heteroatoms. The van der Waals surface area contributed by atoms with Crippen LogP contribution in [0.1, 0.15) is 19.3 Å². The average molecular weight is 190 g/mol. The van der Waals surface area contributed by atoms with Crippen LogP contribution in [0.15, 0.2) is 0 Å². The van der Waals surface area contributed by atoms with Crippen LogP contribution in [0.5, 0.6) is 0 Å². The Morgan fingerprint density at radius 1 is 1.31 bits per heavy atom. The van der Waals surface area contributed by atoms with Crippen LogP contribution in [0, 0.1) is 0 Å². The summed E-state index contributed by atoms with van der Waals surface area (Å²) < 4.78 is 25.5. The molecule has 0 radical (unpaired) electrons. The van der Waals surface area contributed by atoms with E-state index in [1.165, 1.54) is 4.90 Å². The first-order chi connectivity index (χ1) is 5.93. The maximum atomic E-state index is 12.7. The van der Waals surface area contributed by atoms with E-state index in [9.17, 15) is 13.6 Å². The van der Waals surface area contributed by atoms with Gasteiger partial charge in [-0.05, 0) is 12.8 Å². The molecule has 1 saturated carbocycles. The minimum atomic E-state index is -2.71. The van der Waals surface area contributed by atoms with E-state index in [0.717, 1.165) is 0 Å². The molecule has 2 fully saturated rings. The number of hydrogen-bond donors (Lipinski definition) is 1. The maximum absolute atomic E-state index is 12.7. The lowest BCUT2D eigenvalue weighted by atomic mass is 10.2.